The minimum atomic E-state index is 0.422. The van der Waals surface area contributed by atoms with E-state index < -0.39 is 0 Å². The minimum Gasteiger partial charge on any atom is -0.494 e. The van der Waals surface area contributed by atoms with Crippen LogP contribution in [-0.2, 0) is 11.3 Å². The van der Waals surface area contributed by atoms with E-state index in [0.717, 1.165) is 50.1 Å². The van der Waals surface area contributed by atoms with Gasteiger partial charge in [0.1, 0.15) is 5.75 Å². The number of nitrogens with one attached hydrogen (secondary N) is 2. The molecule has 6 nitrogen and oxygen atoms in total. The molecule has 0 bridgehead atoms. The molecule has 0 aliphatic carbocycles. The fourth-order valence-corrected chi connectivity index (χ4v) is 3.34. The van der Waals surface area contributed by atoms with Crippen molar-refractivity contribution in [3.05, 3.63) is 29.3 Å². The number of nitrogens with zero attached hydrogens (tertiary/aromatic N) is 2. The Morgan fingerprint density at radius 1 is 1.37 bits per heavy atom. The summed E-state index contributed by atoms with van der Waals surface area (Å²) in [5.74, 6) is 1.76. The fourth-order valence-electron chi connectivity index (χ4n) is 3.34. The maximum absolute atomic E-state index is 5.77. The van der Waals surface area contributed by atoms with Crippen LogP contribution in [0.5, 0.6) is 5.75 Å². The highest BCUT2D eigenvalue weighted by atomic mass is 16.5. The molecule has 0 radical (unpaired) electrons. The summed E-state index contributed by atoms with van der Waals surface area (Å²) in [7, 11) is 0. The van der Waals surface area contributed by atoms with Gasteiger partial charge < -0.3 is 20.1 Å². The first kappa shape index (κ1) is 21.5. The van der Waals surface area contributed by atoms with Crippen LogP contribution in [0, 0.1) is 6.92 Å². The van der Waals surface area contributed by atoms with Crippen molar-refractivity contribution >= 4 is 5.96 Å². The van der Waals surface area contributed by atoms with Crippen LogP contribution in [0.3, 0.4) is 0 Å². The third-order valence-electron chi connectivity index (χ3n) is 4.82. The number of aryl methyl sites for hydroxylation is 1. The molecular weight excluding hydrogens is 340 g/mol. The van der Waals surface area contributed by atoms with Crippen molar-refractivity contribution in [2.45, 2.75) is 53.2 Å². The number of morpholine rings is 1. The van der Waals surface area contributed by atoms with E-state index in [1.54, 1.807) is 0 Å². The average Bonchev–Trinajstić information content (AvgIpc) is 2.65. The van der Waals surface area contributed by atoms with E-state index in [2.05, 4.69) is 61.4 Å². The van der Waals surface area contributed by atoms with Crippen molar-refractivity contribution in [3.8, 4) is 5.75 Å². The lowest BCUT2D eigenvalue weighted by atomic mass is 10.1. The monoisotopic (exact) mass is 376 g/mol. The van der Waals surface area contributed by atoms with Gasteiger partial charge in [0.15, 0.2) is 5.96 Å². The molecule has 152 valence electrons. The van der Waals surface area contributed by atoms with E-state index in [0.29, 0.717) is 25.2 Å². The summed E-state index contributed by atoms with van der Waals surface area (Å²) < 4.78 is 11.3. The number of hydrogen-bond acceptors (Lipinski definition) is 4. The highest BCUT2D eigenvalue weighted by Gasteiger charge is 2.23. The quantitative estimate of drug-likeness (QED) is 0.539. The SMILES string of the molecule is CCNC(=NCc1ccc(C)cc1OCC)NCC(C)N1CCOCC1C. The first-order chi connectivity index (χ1) is 13.0. The summed E-state index contributed by atoms with van der Waals surface area (Å²) in [5.41, 5.74) is 2.30. The highest BCUT2D eigenvalue weighted by molar-refractivity contribution is 5.79. The lowest BCUT2D eigenvalue weighted by Crippen LogP contribution is -2.53. The molecule has 1 aromatic carbocycles. The summed E-state index contributed by atoms with van der Waals surface area (Å²) in [6.45, 7) is 16.2. The van der Waals surface area contributed by atoms with Crippen molar-refractivity contribution in [1.29, 1.82) is 0 Å². The van der Waals surface area contributed by atoms with Gasteiger partial charge >= 0.3 is 0 Å². The Bertz CT molecular complexity index is 606. The van der Waals surface area contributed by atoms with Gasteiger partial charge in [-0.2, -0.15) is 0 Å². The maximum atomic E-state index is 5.77. The molecule has 2 atom stereocenters. The van der Waals surface area contributed by atoms with Gasteiger partial charge in [0.2, 0.25) is 0 Å². The summed E-state index contributed by atoms with van der Waals surface area (Å²) in [5, 5.41) is 6.83. The molecule has 1 saturated heterocycles. The van der Waals surface area contributed by atoms with E-state index in [4.69, 9.17) is 14.5 Å². The number of hydrogen-bond donors (Lipinski definition) is 2. The van der Waals surface area contributed by atoms with Crippen LogP contribution in [0.15, 0.2) is 23.2 Å². The first-order valence-electron chi connectivity index (χ1n) is 10.1. The molecular formula is C21H36N4O2. The molecule has 27 heavy (non-hydrogen) atoms. The molecule has 1 aromatic rings. The van der Waals surface area contributed by atoms with Crippen LogP contribution in [0.25, 0.3) is 0 Å². The number of benzene rings is 1. The minimum absolute atomic E-state index is 0.422. The molecule has 2 unspecified atom stereocenters. The third kappa shape index (κ3) is 6.70. The Balaban J connectivity index is 1.97. The highest BCUT2D eigenvalue weighted by Crippen LogP contribution is 2.21. The largest absolute Gasteiger partial charge is 0.494 e. The molecule has 2 rings (SSSR count). The van der Waals surface area contributed by atoms with Gasteiger partial charge in [-0.15, -0.1) is 0 Å². The Morgan fingerprint density at radius 3 is 2.89 bits per heavy atom. The summed E-state index contributed by atoms with van der Waals surface area (Å²) in [6, 6.07) is 7.17. The molecule has 2 N–H and O–H groups in total. The van der Waals surface area contributed by atoms with Gasteiger partial charge in [-0.25, -0.2) is 4.99 Å². The van der Waals surface area contributed by atoms with Gasteiger partial charge in [0, 0.05) is 37.3 Å². The Labute approximate surface area is 164 Å². The second-order valence-electron chi connectivity index (χ2n) is 7.13. The van der Waals surface area contributed by atoms with Gasteiger partial charge in [-0.05, 0) is 46.2 Å². The molecule has 1 aliphatic rings. The Kier molecular flexibility index (Phi) is 8.88. The third-order valence-corrected chi connectivity index (χ3v) is 4.82. The van der Waals surface area contributed by atoms with Crippen LogP contribution in [0.4, 0.5) is 0 Å². The van der Waals surface area contributed by atoms with Crippen molar-refractivity contribution in [3.63, 3.8) is 0 Å². The topological polar surface area (TPSA) is 58.1 Å². The molecule has 6 heteroatoms. The van der Waals surface area contributed by atoms with E-state index in [-0.39, 0.29) is 0 Å². The first-order valence-corrected chi connectivity index (χ1v) is 10.1. The standard InChI is InChI=1S/C21H36N4O2/c1-6-22-21(23-13-17(4)25-10-11-26-15-18(25)5)24-14-19-9-8-16(3)12-20(19)27-7-2/h8-9,12,17-18H,6-7,10-11,13-15H2,1-5H3,(H2,22,23,24). The number of guanidine groups is 1. The molecule has 0 amide bonds. The number of rotatable bonds is 8. The molecule has 0 aromatic heterocycles. The molecule has 0 saturated carbocycles. The zero-order chi connectivity index (χ0) is 19.6. The van der Waals surface area contributed by atoms with Crippen LogP contribution < -0.4 is 15.4 Å². The molecule has 1 heterocycles. The van der Waals surface area contributed by atoms with E-state index in [1.165, 1.54) is 5.56 Å². The number of ether oxygens (including phenoxy) is 2. The van der Waals surface area contributed by atoms with Crippen LogP contribution in [-0.4, -0.2) is 62.4 Å². The maximum Gasteiger partial charge on any atom is 0.191 e. The van der Waals surface area contributed by atoms with Crippen molar-refractivity contribution in [2.24, 2.45) is 4.99 Å². The Morgan fingerprint density at radius 2 is 2.19 bits per heavy atom. The van der Waals surface area contributed by atoms with Crippen LogP contribution >= 0.6 is 0 Å². The fraction of sp³-hybridized carbons (Fsp3) is 0.667. The van der Waals surface area contributed by atoms with E-state index in [1.807, 2.05) is 6.92 Å². The van der Waals surface area contributed by atoms with Crippen LogP contribution in [0.1, 0.15) is 38.8 Å². The second kappa shape index (κ2) is 11.1. The molecule has 1 fully saturated rings. The smallest absolute Gasteiger partial charge is 0.191 e. The van der Waals surface area contributed by atoms with Crippen molar-refractivity contribution in [2.75, 3.05) is 39.5 Å². The second-order valence-corrected chi connectivity index (χ2v) is 7.13. The van der Waals surface area contributed by atoms with E-state index in [9.17, 15) is 0 Å². The van der Waals surface area contributed by atoms with Crippen molar-refractivity contribution < 1.29 is 9.47 Å². The summed E-state index contributed by atoms with van der Waals surface area (Å²) >= 11 is 0. The van der Waals surface area contributed by atoms with Crippen LogP contribution in [0.2, 0.25) is 0 Å². The lowest BCUT2D eigenvalue weighted by molar-refractivity contribution is -0.0174. The molecule has 1 aliphatic heterocycles. The summed E-state index contributed by atoms with van der Waals surface area (Å²) in [4.78, 5) is 7.26. The van der Waals surface area contributed by atoms with E-state index >= 15 is 0 Å². The summed E-state index contributed by atoms with van der Waals surface area (Å²) in [6.07, 6.45) is 0. The normalized spacial score (nSPS) is 19.6. The lowest BCUT2D eigenvalue weighted by Gasteiger charge is -2.38. The Hall–Kier alpha value is -1.79. The number of aliphatic imine (C=N–C) groups is 1. The zero-order valence-electron chi connectivity index (χ0n) is 17.5. The van der Waals surface area contributed by atoms with Gasteiger partial charge in [-0.3, -0.25) is 4.90 Å². The van der Waals surface area contributed by atoms with Crippen molar-refractivity contribution in [1.82, 2.24) is 15.5 Å². The van der Waals surface area contributed by atoms with Gasteiger partial charge in [0.05, 0.1) is 26.4 Å². The predicted octanol–water partition coefficient (Wildman–Crippen LogP) is 2.56. The van der Waals surface area contributed by atoms with Gasteiger partial charge in [0.25, 0.3) is 0 Å². The predicted molar refractivity (Wildman–Crippen MR) is 112 cm³/mol. The zero-order valence-corrected chi connectivity index (χ0v) is 17.5. The van der Waals surface area contributed by atoms with Gasteiger partial charge in [-0.1, -0.05) is 12.1 Å². The molecule has 0 spiro atoms. The average molecular weight is 377 g/mol.